The van der Waals surface area contributed by atoms with Gasteiger partial charge in [0.1, 0.15) is 28.3 Å². The Hall–Kier alpha value is -3.53. The molecule has 3 aromatic rings. The summed E-state index contributed by atoms with van der Waals surface area (Å²) in [5.74, 6) is 0.688. The third-order valence-corrected chi connectivity index (χ3v) is 5.63. The fourth-order valence-electron chi connectivity index (χ4n) is 3.08. The standard InChI is InChI=1S/C21H22N2O7S/c1-26-13-9-10-15(28-3)19-17(13)23(11-16(24)29-4)21(31-19)22-20(25)12-7-6-8-14(27-2)18(12)30-5/h6-10H,11H2,1-5H3. The van der Waals surface area contributed by atoms with Gasteiger partial charge in [0.25, 0.3) is 5.91 Å². The number of amides is 1. The van der Waals surface area contributed by atoms with Crippen LogP contribution in [0.15, 0.2) is 35.3 Å². The number of hydrogen-bond acceptors (Lipinski definition) is 8. The molecule has 0 aliphatic rings. The molecule has 164 valence electrons. The molecule has 0 unspecified atom stereocenters. The largest absolute Gasteiger partial charge is 0.495 e. The van der Waals surface area contributed by atoms with Gasteiger partial charge in [-0.25, -0.2) is 0 Å². The first-order valence-electron chi connectivity index (χ1n) is 9.10. The van der Waals surface area contributed by atoms with Crippen LogP contribution in [-0.2, 0) is 16.1 Å². The maximum absolute atomic E-state index is 13.1. The topological polar surface area (TPSA) is 97.6 Å². The second kappa shape index (κ2) is 9.52. The Kier molecular flexibility index (Phi) is 6.81. The highest BCUT2D eigenvalue weighted by molar-refractivity contribution is 7.16. The number of fused-ring (bicyclic) bond motifs is 1. The number of thiazole rings is 1. The fraction of sp³-hybridized carbons (Fsp3) is 0.286. The smallest absolute Gasteiger partial charge is 0.325 e. The molecule has 0 fully saturated rings. The molecule has 10 heteroatoms. The van der Waals surface area contributed by atoms with Crippen molar-refractivity contribution in [3.63, 3.8) is 0 Å². The van der Waals surface area contributed by atoms with E-state index in [-0.39, 0.29) is 22.7 Å². The van der Waals surface area contributed by atoms with Crippen molar-refractivity contribution < 1.29 is 33.3 Å². The van der Waals surface area contributed by atoms with Gasteiger partial charge in [0.15, 0.2) is 16.3 Å². The van der Waals surface area contributed by atoms with Gasteiger partial charge < -0.3 is 28.3 Å². The monoisotopic (exact) mass is 446 g/mol. The summed E-state index contributed by atoms with van der Waals surface area (Å²) in [6.07, 6.45) is 0. The number of ether oxygens (including phenoxy) is 5. The molecular formula is C21H22N2O7S. The highest BCUT2D eigenvalue weighted by Crippen LogP contribution is 2.35. The van der Waals surface area contributed by atoms with Crippen molar-refractivity contribution in [1.29, 1.82) is 0 Å². The van der Waals surface area contributed by atoms with Gasteiger partial charge in [-0.15, -0.1) is 0 Å². The average Bonchev–Trinajstić information content (AvgIpc) is 3.15. The summed E-state index contributed by atoms with van der Waals surface area (Å²) >= 11 is 1.19. The molecule has 1 amide bonds. The molecule has 0 spiro atoms. The summed E-state index contributed by atoms with van der Waals surface area (Å²) < 4.78 is 28.6. The van der Waals surface area contributed by atoms with Crippen LogP contribution in [0.2, 0.25) is 0 Å². The molecule has 1 heterocycles. The van der Waals surface area contributed by atoms with E-state index in [1.807, 2.05) is 0 Å². The molecule has 0 saturated heterocycles. The molecule has 31 heavy (non-hydrogen) atoms. The number of methoxy groups -OCH3 is 5. The SMILES string of the molecule is COC(=O)Cn1c(=NC(=O)c2cccc(OC)c2OC)sc2c(OC)ccc(OC)c21. The predicted molar refractivity (Wildman–Crippen MR) is 114 cm³/mol. The number of esters is 1. The summed E-state index contributed by atoms with van der Waals surface area (Å²) in [7, 11) is 7.27. The third-order valence-electron chi connectivity index (χ3n) is 4.54. The third kappa shape index (κ3) is 4.19. The first-order valence-corrected chi connectivity index (χ1v) is 9.91. The lowest BCUT2D eigenvalue weighted by Gasteiger charge is -2.10. The molecule has 0 aliphatic carbocycles. The van der Waals surface area contributed by atoms with E-state index in [0.717, 1.165) is 0 Å². The molecule has 3 rings (SSSR count). The normalized spacial score (nSPS) is 11.3. The van der Waals surface area contributed by atoms with Gasteiger partial charge in [-0.3, -0.25) is 9.59 Å². The molecular weight excluding hydrogens is 424 g/mol. The minimum absolute atomic E-state index is 0.165. The Balaban J connectivity index is 2.28. The number of rotatable bonds is 7. The Morgan fingerprint density at radius 3 is 2.19 bits per heavy atom. The molecule has 1 aromatic heterocycles. The number of benzene rings is 2. The van der Waals surface area contributed by atoms with Crippen molar-refractivity contribution in [3.05, 3.63) is 40.7 Å². The Labute approximate surface area is 182 Å². The first kappa shape index (κ1) is 22.2. The maximum Gasteiger partial charge on any atom is 0.325 e. The fourth-order valence-corrected chi connectivity index (χ4v) is 4.22. The molecule has 0 N–H and O–H groups in total. The maximum atomic E-state index is 13.1. The van der Waals surface area contributed by atoms with Crippen LogP contribution < -0.4 is 23.7 Å². The van der Waals surface area contributed by atoms with Crippen LogP contribution >= 0.6 is 11.3 Å². The van der Waals surface area contributed by atoms with E-state index in [1.54, 1.807) is 34.9 Å². The molecule has 0 aliphatic heterocycles. The number of nitrogens with zero attached hydrogens (tertiary/aromatic N) is 2. The minimum atomic E-state index is -0.557. The Morgan fingerprint density at radius 2 is 1.58 bits per heavy atom. The van der Waals surface area contributed by atoms with E-state index in [9.17, 15) is 9.59 Å². The van der Waals surface area contributed by atoms with Gasteiger partial charge in [-0.05, 0) is 24.3 Å². The Morgan fingerprint density at radius 1 is 0.903 bits per heavy atom. The zero-order valence-corrected chi connectivity index (χ0v) is 18.6. The van der Waals surface area contributed by atoms with Crippen molar-refractivity contribution in [1.82, 2.24) is 4.57 Å². The van der Waals surface area contributed by atoms with Crippen LogP contribution in [-0.4, -0.2) is 52.0 Å². The van der Waals surface area contributed by atoms with Crippen LogP contribution in [0.25, 0.3) is 10.2 Å². The lowest BCUT2D eigenvalue weighted by molar-refractivity contribution is -0.141. The molecule has 0 saturated carbocycles. The van der Waals surface area contributed by atoms with Crippen LogP contribution in [0.3, 0.4) is 0 Å². The van der Waals surface area contributed by atoms with Crippen molar-refractivity contribution in [2.24, 2.45) is 4.99 Å². The lowest BCUT2D eigenvalue weighted by Crippen LogP contribution is -2.22. The summed E-state index contributed by atoms with van der Waals surface area (Å²) in [6, 6.07) is 8.41. The first-order chi connectivity index (χ1) is 15.0. The number of carbonyl (C=O) groups is 2. The zero-order valence-electron chi connectivity index (χ0n) is 17.8. The second-order valence-electron chi connectivity index (χ2n) is 6.15. The molecule has 0 radical (unpaired) electrons. The van der Waals surface area contributed by atoms with Gasteiger partial charge >= 0.3 is 5.97 Å². The number of para-hydroxylation sites is 1. The van der Waals surface area contributed by atoms with E-state index in [4.69, 9.17) is 23.7 Å². The number of carbonyl (C=O) groups excluding carboxylic acids is 2. The van der Waals surface area contributed by atoms with Gasteiger partial charge in [0.05, 0.1) is 41.1 Å². The van der Waals surface area contributed by atoms with Crippen molar-refractivity contribution in [2.45, 2.75) is 6.54 Å². The van der Waals surface area contributed by atoms with Gasteiger partial charge in [0.2, 0.25) is 0 Å². The van der Waals surface area contributed by atoms with Crippen LogP contribution in [0.4, 0.5) is 0 Å². The summed E-state index contributed by atoms with van der Waals surface area (Å²) in [6.45, 7) is -0.165. The van der Waals surface area contributed by atoms with E-state index in [1.165, 1.54) is 46.9 Å². The predicted octanol–water partition coefficient (Wildman–Crippen LogP) is 2.65. The van der Waals surface area contributed by atoms with Gasteiger partial charge in [-0.2, -0.15) is 4.99 Å². The van der Waals surface area contributed by atoms with Gasteiger partial charge in [-0.1, -0.05) is 17.4 Å². The van der Waals surface area contributed by atoms with Crippen LogP contribution in [0.1, 0.15) is 10.4 Å². The molecule has 9 nitrogen and oxygen atoms in total. The zero-order chi connectivity index (χ0) is 22.5. The van der Waals surface area contributed by atoms with E-state index < -0.39 is 11.9 Å². The minimum Gasteiger partial charge on any atom is -0.495 e. The number of hydrogen-bond donors (Lipinski definition) is 0. The highest BCUT2D eigenvalue weighted by atomic mass is 32.1. The highest BCUT2D eigenvalue weighted by Gasteiger charge is 2.20. The quantitative estimate of drug-likeness (QED) is 0.515. The molecule has 0 atom stereocenters. The molecule has 0 bridgehead atoms. The summed E-state index contributed by atoms with van der Waals surface area (Å²) in [5.41, 5.74) is 0.796. The van der Waals surface area contributed by atoms with Crippen LogP contribution in [0, 0.1) is 0 Å². The lowest BCUT2D eigenvalue weighted by atomic mass is 10.2. The van der Waals surface area contributed by atoms with Crippen LogP contribution in [0.5, 0.6) is 23.0 Å². The van der Waals surface area contributed by atoms with Gasteiger partial charge in [0, 0.05) is 0 Å². The van der Waals surface area contributed by atoms with E-state index in [0.29, 0.717) is 27.5 Å². The Bertz CT molecular complexity index is 1200. The van der Waals surface area contributed by atoms with Crippen molar-refractivity contribution >= 4 is 33.4 Å². The van der Waals surface area contributed by atoms with Crippen molar-refractivity contribution in [3.8, 4) is 23.0 Å². The number of aromatic nitrogens is 1. The van der Waals surface area contributed by atoms with Crippen molar-refractivity contribution in [2.75, 3.05) is 35.5 Å². The average molecular weight is 446 g/mol. The van der Waals surface area contributed by atoms with E-state index >= 15 is 0 Å². The van der Waals surface area contributed by atoms with E-state index in [2.05, 4.69) is 4.99 Å². The second-order valence-corrected chi connectivity index (χ2v) is 7.13. The summed E-state index contributed by atoms with van der Waals surface area (Å²) in [4.78, 5) is 29.7. The summed E-state index contributed by atoms with van der Waals surface area (Å²) in [5, 5.41) is 0. The molecule has 2 aromatic carbocycles.